The summed E-state index contributed by atoms with van der Waals surface area (Å²) in [6.07, 6.45) is 5.40. The highest BCUT2D eigenvalue weighted by Crippen LogP contribution is 2.20. The maximum absolute atomic E-state index is 12.5. The van der Waals surface area contributed by atoms with Crippen LogP contribution in [0.15, 0.2) is 24.7 Å². The van der Waals surface area contributed by atoms with Crippen molar-refractivity contribution < 1.29 is 4.79 Å². The molecule has 0 saturated heterocycles. The molecule has 1 atom stereocenters. The summed E-state index contributed by atoms with van der Waals surface area (Å²) < 4.78 is 4.03. The van der Waals surface area contributed by atoms with Crippen molar-refractivity contribution in [2.24, 2.45) is 13.0 Å². The van der Waals surface area contributed by atoms with E-state index >= 15 is 0 Å². The molecule has 0 N–H and O–H groups in total. The van der Waals surface area contributed by atoms with Gasteiger partial charge in [0.05, 0.1) is 12.5 Å². The average molecular weight is 273 g/mol. The molecule has 6 nitrogen and oxygen atoms in total. The maximum Gasteiger partial charge on any atom is 0.227 e. The van der Waals surface area contributed by atoms with Crippen LogP contribution in [0.5, 0.6) is 0 Å². The van der Waals surface area contributed by atoms with Gasteiger partial charge in [-0.3, -0.25) is 4.79 Å². The minimum absolute atomic E-state index is 0.0313. The van der Waals surface area contributed by atoms with Crippen molar-refractivity contribution in [3.05, 3.63) is 36.2 Å². The Bertz CT molecular complexity index is 615. The minimum Gasteiger partial charge on any atom is -0.353 e. The van der Waals surface area contributed by atoms with Gasteiger partial charge < -0.3 is 14.0 Å². The SMILES string of the molecule is CN(Cc1cccn1C)C(=O)[C@H]1CCc2nncn2C1. The molecule has 0 spiro atoms. The van der Waals surface area contributed by atoms with E-state index in [9.17, 15) is 4.79 Å². The van der Waals surface area contributed by atoms with Gasteiger partial charge in [0, 0.05) is 39.0 Å². The first-order chi connectivity index (χ1) is 9.65. The van der Waals surface area contributed by atoms with Crippen LogP contribution in [0.1, 0.15) is 17.9 Å². The monoisotopic (exact) mass is 273 g/mol. The zero-order valence-electron chi connectivity index (χ0n) is 11.9. The molecule has 0 saturated carbocycles. The number of hydrogen-bond acceptors (Lipinski definition) is 3. The summed E-state index contributed by atoms with van der Waals surface area (Å²) in [6, 6.07) is 4.04. The van der Waals surface area contributed by atoms with Crippen LogP contribution in [-0.2, 0) is 31.4 Å². The van der Waals surface area contributed by atoms with Crippen LogP contribution in [0, 0.1) is 5.92 Å². The van der Waals surface area contributed by atoms with Crippen molar-refractivity contribution >= 4 is 5.91 Å². The Hall–Kier alpha value is -2.11. The summed E-state index contributed by atoms with van der Waals surface area (Å²) in [5.74, 6) is 1.22. The Kier molecular flexibility index (Phi) is 3.30. The highest BCUT2D eigenvalue weighted by molar-refractivity contribution is 5.78. The molecule has 0 unspecified atom stereocenters. The molecule has 1 amide bonds. The highest BCUT2D eigenvalue weighted by Gasteiger charge is 2.27. The Labute approximate surface area is 118 Å². The molecule has 1 aliphatic rings. The van der Waals surface area contributed by atoms with Crippen LogP contribution in [0.25, 0.3) is 0 Å². The zero-order valence-corrected chi connectivity index (χ0v) is 11.9. The number of nitrogens with zero attached hydrogens (tertiary/aromatic N) is 5. The summed E-state index contributed by atoms with van der Waals surface area (Å²) >= 11 is 0. The van der Waals surface area contributed by atoms with E-state index in [0.29, 0.717) is 13.1 Å². The lowest BCUT2D eigenvalue weighted by Gasteiger charge is -2.27. The number of carbonyl (C=O) groups excluding carboxylic acids is 1. The molecule has 3 rings (SSSR count). The number of aromatic nitrogens is 4. The van der Waals surface area contributed by atoms with E-state index in [0.717, 1.165) is 24.4 Å². The third kappa shape index (κ3) is 2.33. The molecule has 0 fully saturated rings. The number of carbonyl (C=O) groups is 1. The van der Waals surface area contributed by atoms with Gasteiger partial charge >= 0.3 is 0 Å². The fraction of sp³-hybridized carbons (Fsp3) is 0.500. The van der Waals surface area contributed by atoms with Crippen molar-refractivity contribution in [2.75, 3.05) is 7.05 Å². The van der Waals surface area contributed by atoms with Crippen molar-refractivity contribution in [3.8, 4) is 0 Å². The Morgan fingerprint density at radius 2 is 2.40 bits per heavy atom. The summed E-state index contributed by atoms with van der Waals surface area (Å²) in [7, 11) is 3.87. The Morgan fingerprint density at radius 1 is 1.55 bits per heavy atom. The first-order valence-electron chi connectivity index (χ1n) is 6.87. The Balaban J connectivity index is 1.66. The minimum atomic E-state index is 0.0313. The summed E-state index contributed by atoms with van der Waals surface area (Å²) in [5, 5.41) is 7.95. The smallest absolute Gasteiger partial charge is 0.227 e. The van der Waals surface area contributed by atoms with Crippen LogP contribution in [-0.4, -0.2) is 37.2 Å². The largest absolute Gasteiger partial charge is 0.353 e. The van der Waals surface area contributed by atoms with Crippen LogP contribution in [0.3, 0.4) is 0 Å². The van der Waals surface area contributed by atoms with Gasteiger partial charge in [0.2, 0.25) is 5.91 Å². The molecule has 0 radical (unpaired) electrons. The molecule has 2 aromatic heterocycles. The highest BCUT2D eigenvalue weighted by atomic mass is 16.2. The normalized spacial score (nSPS) is 17.8. The molecule has 3 heterocycles. The summed E-state index contributed by atoms with van der Waals surface area (Å²) in [5.41, 5.74) is 1.14. The topological polar surface area (TPSA) is 56.0 Å². The van der Waals surface area contributed by atoms with E-state index in [-0.39, 0.29) is 11.8 Å². The predicted octanol–water partition coefficient (Wildman–Crippen LogP) is 0.838. The quantitative estimate of drug-likeness (QED) is 0.832. The van der Waals surface area contributed by atoms with Crippen LogP contribution < -0.4 is 0 Å². The van der Waals surface area contributed by atoms with Crippen molar-refractivity contribution in [3.63, 3.8) is 0 Å². The van der Waals surface area contributed by atoms with Gasteiger partial charge in [0.1, 0.15) is 12.2 Å². The second kappa shape index (κ2) is 5.11. The number of amides is 1. The van der Waals surface area contributed by atoms with E-state index in [2.05, 4.69) is 10.2 Å². The number of hydrogen-bond donors (Lipinski definition) is 0. The van der Waals surface area contributed by atoms with E-state index < -0.39 is 0 Å². The third-order valence-electron chi connectivity index (χ3n) is 4.01. The van der Waals surface area contributed by atoms with Gasteiger partial charge in [0.15, 0.2) is 0 Å². The summed E-state index contributed by atoms with van der Waals surface area (Å²) in [4.78, 5) is 14.3. The van der Waals surface area contributed by atoms with E-state index in [4.69, 9.17) is 0 Å². The van der Waals surface area contributed by atoms with E-state index in [1.807, 2.05) is 46.5 Å². The molecule has 0 bridgehead atoms. The molecule has 0 aromatic carbocycles. The van der Waals surface area contributed by atoms with Gasteiger partial charge in [-0.2, -0.15) is 0 Å². The first-order valence-corrected chi connectivity index (χ1v) is 6.87. The number of rotatable bonds is 3. The van der Waals surface area contributed by atoms with Crippen LogP contribution in [0.2, 0.25) is 0 Å². The molecule has 106 valence electrons. The molecule has 20 heavy (non-hydrogen) atoms. The van der Waals surface area contributed by atoms with Crippen molar-refractivity contribution in [1.29, 1.82) is 0 Å². The molecule has 6 heteroatoms. The second-order valence-corrected chi connectivity index (χ2v) is 5.44. The van der Waals surface area contributed by atoms with Crippen LogP contribution in [0.4, 0.5) is 0 Å². The van der Waals surface area contributed by atoms with Gasteiger partial charge in [-0.1, -0.05) is 0 Å². The standard InChI is InChI=1S/C14H19N5O/c1-17-7-3-4-12(17)9-18(2)14(20)11-5-6-13-16-15-10-19(13)8-11/h3-4,7,10-11H,5-6,8-9H2,1-2H3/t11-/m0/s1. The fourth-order valence-electron chi connectivity index (χ4n) is 2.75. The zero-order chi connectivity index (χ0) is 14.1. The van der Waals surface area contributed by atoms with E-state index in [1.54, 1.807) is 6.33 Å². The van der Waals surface area contributed by atoms with Gasteiger partial charge in [-0.05, 0) is 18.6 Å². The van der Waals surface area contributed by atoms with Crippen molar-refractivity contribution in [1.82, 2.24) is 24.2 Å². The lowest BCUT2D eigenvalue weighted by molar-refractivity contribution is -0.135. The molecular formula is C14H19N5O. The average Bonchev–Trinajstić information content (AvgIpc) is 3.06. The number of aryl methyl sites for hydroxylation is 2. The molecular weight excluding hydrogens is 254 g/mol. The molecule has 2 aromatic rings. The predicted molar refractivity (Wildman–Crippen MR) is 73.7 cm³/mol. The lowest BCUT2D eigenvalue weighted by Crippen LogP contribution is -2.37. The fourth-order valence-corrected chi connectivity index (χ4v) is 2.75. The third-order valence-corrected chi connectivity index (χ3v) is 4.01. The van der Waals surface area contributed by atoms with E-state index in [1.165, 1.54) is 0 Å². The molecule has 1 aliphatic heterocycles. The van der Waals surface area contributed by atoms with Gasteiger partial charge in [0.25, 0.3) is 0 Å². The van der Waals surface area contributed by atoms with Crippen molar-refractivity contribution in [2.45, 2.75) is 25.9 Å². The van der Waals surface area contributed by atoms with Crippen LogP contribution >= 0.6 is 0 Å². The summed E-state index contributed by atoms with van der Waals surface area (Å²) in [6.45, 7) is 1.34. The van der Waals surface area contributed by atoms with Gasteiger partial charge in [-0.25, -0.2) is 0 Å². The molecule has 0 aliphatic carbocycles. The maximum atomic E-state index is 12.5. The van der Waals surface area contributed by atoms with Gasteiger partial charge in [-0.15, -0.1) is 10.2 Å². The number of fused-ring (bicyclic) bond motifs is 1. The second-order valence-electron chi connectivity index (χ2n) is 5.44. The first kappa shape index (κ1) is 12.9. The Morgan fingerprint density at radius 3 is 3.15 bits per heavy atom. The lowest BCUT2D eigenvalue weighted by atomic mass is 9.98.